The molecule has 6 heteroatoms. The molecule has 0 amide bonds. The average molecular weight is 383 g/mol. The number of carbonyl (C=O) groups is 1. The van der Waals surface area contributed by atoms with E-state index in [4.69, 9.17) is 19.0 Å². The summed E-state index contributed by atoms with van der Waals surface area (Å²) in [7, 11) is 1.60. The summed E-state index contributed by atoms with van der Waals surface area (Å²) in [6.45, 7) is 4.72. The second kappa shape index (κ2) is 9.26. The molecule has 2 aromatic carbocycles. The number of carbonyl (C=O) groups excluding carboxylic acids is 1. The number of benzene rings is 2. The Hall–Kier alpha value is -3.02. The number of fused-ring (bicyclic) bond motifs is 1. The molecule has 148 valence electrons. The van der Waals surface area contributed by atoms with E-state index in [9.17, 15) is 4.79 Å². The van der Waals surface area contributed by atoms with Crippen LogP contribution in [0.5, 0.6) is 17.2 Å². The van der Waals surface area contributed by atoms with Crippen LogP contribution in [0.3, 0.4) is 0 Å². The number of ether oxygens (including phenoxy) is 3. The Morgan fingerprint density at radius 2 is 1.93 bits per heavy atom. The van der Waals surface area contributed by atoms with Crippen LogP contribution in [0.4, 0.5) is 0 Å². The highest BCUT2D eigenvalue weighted by atomic mass is 16.7. The molecule has 0 unspecified atom stereocenters. The van der Waals surface area contributed by atoms with Crippen molar-refractivity contribution in [3.05, 3.63) is 53.6 Å². The molecule has 0 saturated carbocycles. The van der Waals surface area contributed by atoms with Gasteiger partial charge in [0.1, 0.15) is 23.4 Å². The van der Waals surface area contributed by atoms with Crippen molar-refractivity contribution >= 4 is 11.7 Å². The van der Waals surface area contributed by atoms with Crippen LogP contribution in [0.15, 0.2) is 47.6 Å². The molecule has 0 aliphatic carbocycles. The number of hydrogen-bond acceptors (Lipinski definition) is 6. The van der Waals surface area contributed by atoms with Crippen LogP contribution in [0.25, 0.3) is 0 Å². The quantitative estimate of drug-likeness (QED) is 0.397. The fourth-order valence-electron chi connectivity index (χ4n) is 2.86. The van der Waals surface area contributed by atoms with Crippen molar-refractivity contribution in [2.75, 3.05) is 13.7 Å². The topological polar surface area (TPSA) is 66.4 Å². The lowest BCUT2D eigenvalue weighted by atomic mass is 10.0. The Balaban J connectivity index is 1.69. The first-order chi connectivity index (χ1) is 13.6. The van der Waals surface area contributed by atoms with E-state index in [-0.39, 0.29) is 6.10 Å². The first-order valence-electron chi connectivity index (χ1n) is 9.47. The van der Waals surface area contributed by atoms with Crippen molar-refractivity contribution in [3.8, 4) is 17.2 Å². The van der Waals surface area contributed by atoms with Gasteiger partial charge >= 0.3 is 5.97 Å². The molecule has 28 heavy (non-hydrogen) atoms. The van der Waals surface area contributed by atoms with Crippen molar-refractivity contribution in [1.82, 2.24) is 0 Å². The van der Waals surface area contributed by atoms with E-state index in [0.29, 0.717) is 35.8 Å². The molecular formula is C22H25NO5. The summed E-state index contributed by atoms with van der Waals surface area (Å²) in [4.78, 5) is 17.5. The van der Waals surface area contributed by atoms with Crippen molar-refractivity contribution in [2.24, 2.45) is 5.16 Å². The lowest BCUT2D eigenvalue weighted by molar-refractivity contribution is 0.0513. The van der Waals surface area contributed by atoms with Gasteiger partial charge in [0, 0.05) is 18.1 Å². The minimum Gasteiger partial charge on any atom is -0.497 e. The summed E-state index contributed by atoms with van der Waals surface area (Å²) in [5.41, 5.74) is 1.89. The maximum absolute atomic E-state index is 12.3. The minimum absolute atomic E-state index is 0.0726. The molecule has 2 aromatic rings. The normalized spacial score (nSPS) is 16.8. The third-order valence-electron chi connectivity index (χ3n) is 4.40. The fraction of sp³-hybridized carbons (Fsp3) is 0.364. The molecule has 6 nitrogen and oxygen atoms in total. The number of methoxy groups -OCH3 is 1. The van der Waals surface area contributed by atoms with Gasteiger partial charge in [-0.3, -0.25) is 0 Å². The number of nitrogens with zero attached hydrogens (tertiary/aromatic N) is 1. The van der Waals surface area contributed by atoms with E-state index in [2.05, 4.69) is 12.1 Å². The summed E-state index contributed by atoms with van der Waals surface area (Å²) < 4.78 is 16.7. The first kappa shape index (κ1) is 19.7. The van der Waals surface area contributed by atoms with E-state index in [1.54, 1.807) is 37.4 Å². The lowest BCUT2D eigenvalue weighted by Gasteiger charge is -2.24. The molecule has 0 bridgehead atoms. The summed E-state index contributed by atoms with van der Waals surface area (Å²) in [5, 5.41) is 4.10. The Morgan fingerprint density at radius 1 is 1.18 bits per heavy atom. The predicted octanol–water partition coefficient (Wildman–Crippen LogP) is 4.61. The van der Waals surface area contributed by atoms with Crippen LogP contribution >= 0.6 is 0 Å². The molecule has 0 spiro atoms. The molecular weight excluding hydrogens is 358 g/mol. The SMILES string of the molecule is CCCCOc1ccc(C(=O)O/N=C2\C[C@@H](C)Oc3cc(OC)ccc32)cc1. The standard InChI is InChI=1S/C22H25NO5/c1-4-5-12-26-17-8-6-16(7-9-17)22(24)28-23-20-13-15(2)27-21-14-18(25-3)10-11-19(20)21/h6-11,14-15H,4-5,12-13H2,1-3H3/b23-20+/t15-/m1/s1. The van der Waals surface area contributed by atoms with Crippen LogP contribution in [0.2, 0.25) is 0 Å². The Kier molecular flexibility index (Phi) is 6.53. The highest BCUT2D eigenvalue weighted by molar-refractivity contribution is 6.04. The molecule has 1 heterocycles. The maximum atomic E-state index is 12.3. The molecule has 0 aromatic heterocycles. The van der Waals surface area contributed by atoms with Crippen molar-refractivity contribution in [1.29, 1.82) is 0 Å². The summed E-state index contributed by atoms with van der Waals surface area (Å²) in [6.07, 6.45) is 2.55. The zero-order chi connectivity index (χ0) is 19.9. The number of rotatable bonds is 7. The second-order valence-corrected chi connectivity index (χ2v) is 6.64. The molecule has 0 radical (unpaired) electrons. The van der Waals surface area contributed by atoms with Crippen LogP contribution < -0.4 is 14.2 Å². The maximum Gasteiger partial charge on any atom is 0.365 e. The van der Waals surface area contributed by atoms with Gasteiger partial charge in [0.05, 0.1) is 25.0 Å². The molecule has 3 rings (SSSR count). The third kappa shape index (κ3) is 4.82. The predicted molar refractivity (Wildman–Crippen MR) is 106 cm³/mol. The number of hydrogen-bond donors (Lipinski definition) is 0. The van der Waals surface area contributed by atoms with Gasteiger partial charge in [0.2, 0.25) is 0 Å². The number of unbranched alkanes of at least 4 members (excludes halogenated alkanes) is 1. The van der Waals surface area contributed by atoms with E-state index >= 15 is 0 Å². The van der Waals surface area contributed by atoms with Gasteiger partial charge < -0.3 is 19.0 Å². The van der Waals surface area contributed by atoms with Gasteiger partial charge in [-0.15, -0.1) is 0 Å². The van der Waals surface area contributed by atoms with Gasteiger partial charge in [-0.2, -0.15) is 0 Å². The van der Waals surface area contributed by atoms with Crippen LogP contribution in [-0.4, -0.2) is 31.5 Å². The Bertz CT molecular complexity index is 845. The van der Waals surface area contributed by atoms with Gasteiger partial charge in [0.25, 0.3) is 0 Å². The second-order valence-electron chi connectivity index (χ2n) is 6.64. The number of oxime groups is 1. The molecule has 1 aliphatic rings. The van der Waals surface area contributed by atoms with Gasteiger partial charge in [-0.1, -0.05) is 18.5 Å². The van der Waals surface area contributed by atoms with Crippen molar-refractivity contribution in [3.63, 3.8) is 0 Å². The van der Waals surface area contributed by atoms with Crippen molar-refractivity contribution in [2.45, 2.75) is 39.2 Å². The smallest absolute Gasteiger partial charge is 0.365 e. The van der Waals surface area contributed by atoms with Crippen LogP contribution in [-0.2, 0) is 4.84 Å². The van der Waals surface area contributed by atoms with E-state index < -0.39 is 5.97 Å². The van der Waals surface area contributed by atoms with Gasteiger partial charge in [-0.05, 0) is 49.7 Å². The highest BCUT2D eigenvalue weighted by Crippen LogP contribution is 2.31. The summed E-state index contributed by atoms with van der Waals surface area (Å²) in [5.74, 6) is 1.59. The summed E-state index contributed by atoms with van der Waals surface area (Å²) >= 11 is 0. The van der Waals surface area contributed by atoms with Gasteiger partial charge in [-0.25, -0.2) is 4.79 Å². The molecule has 0 N–H and O–H groups in total. The van der Waals surface area contributed by atoms with E-state index in [1.165, 1.54) is 0 Å². The Labute approximate surface area is 165 Å². The zero-order valence-corrected chi connectivity index (χ0v) is 16.4. The Morgan fingerprint density at radius 3 is 2.64 bits per heavy atom. The van der Waals surface area contributed by atoms with E-state index in [1.807, 2.05) is 19.1 Å². The molecule has 1 aliphatic heterocycles. The average Bonchev–Trinajstić information content (AvgIpc) is 2.71. The highest BCUT2D eigenvalue weighted by Gasteiger charge is 2.23. The minimum atomic E-state index is -0.512. The van der Waals surface area contributed by atoms with Crippen molar-refractivity contribution < 1.29 is 23.8 Å². The van der Waals surface area contributed by atoms with E-state index in [0.717, 1.165) is 24.2 Å². The van der Waals surface area contributed by atoms with Crippen LogP contribution in [0, 0.1) is 0 Å². The fourth-order valence-corrected chi connectivity index (χ4v) is 2.86. The summed E-state index contributed by atoms with van der Waals surface area (Å²) in [6, 6.07) is 12.4. The lowest BCUT2D eigenvalue weighted by Crippen LogP contribution is -2.25. The molecule has 0 fully saturated rings. The first-order valence-corrected chi connectivity index (χ1v) is 9.47. The third-order valence-corrected chi connectivity index (χ3v) is 4.40. The largest absolute Gasteiger partial charge is 0.497 e. The van der Waals surface area contributed by atoms with Gasteiger partial charge in [0.15, 0.2) is 0 Å². The molecule has 0 saturated heterocycles. The van der Waals surface area contributed by atoms with Crippen LogP contribution in [0.1, 0.15) is 49.0 Å². The monoisotopic (exact) mass is 383 g/mol. The zero-order valence-electron chi connectivity index (χ0n) is 16.4. The molecule has 1 atom stereocenters.